The predicted molar refractivity (Wildman–Crippen MR) is 119 cm³/mol. The summed E-state index contributed by atoms with van der Waals surface area (Å²) < 4.78 is 1.56. The molecule has 11 nitrogen and oxygen atoms in total. The number of carbonyl (C=O) groups excluding carboxylic acids is 3. The number of aromatic nitrogens is 3. The first kappa shape index (κ1) is 21.8. The van der Waals surface area contributed by atoms with Crippen LogP contribution in [0.4, 0.5) is 22.1 Å². The van der Waals surface area contributed by atoms with E-state index in [0.29, 0.717) is 49.8 Å². The molecule has 4 heterocycles. The number of anilines is 3. The predicted octanol–water partition coefficient (Wildman–Crippen LogP) is 1.08. The maximum Gasteiger partial charge on any atom is 0.323 e. The highest BCUT2D eigenvalue weighted by molar-refractivity contribution is 6.07. The summed E-state index contributed by atoms with van der Waals surface area (Å²) in [5, 5.41) is 10.1. The zero-order valence-electron chi connectivity index (χ0n) is 18.5. The second-order valence-electron chi connectivity index (χ2n) is 8.80. The summed E-state index contributed by atoms with van der Waals surface area (Å²) in [6.45, 7) is 5.25. The fraction of sp³-hybridized carbons (Fsp3) is 0.476. The minimum atomic E-state index is -0.466. The van der Waals surface area contributed by atoms with Gasteiger partial charge in [0, 0.05) is 31.6 Å². The van der Waals surface area contributed by atoms with Gasteiger partial charge in [0.25, 0.3) is 5.91 Å². The molecule has 1 atom stereocenters. The Balaban J connectivity index is 1.53. The van der Waals surface area contributed by atoms with E-state index in [4.69, 9.17) is 5.73 Å². The minimum absolute atomic E-state index is 0.0288. The average Bonchev–Trinajstić information content (AvgIpc) is 3.38. The summed E-state index contributed by atoms with van der Waals surface area (Å²) >= 11 is 0. The van der Waals surface area contributed by atoms with Gasteiger partial charge in [-0.1, -0.05) is 19.9 Å². The number of nitrogens with zero attached hydrogens (tertiary/aromatic N) is 5. The van der Waals surface area contributed by atoms with Crippen LogP contribution in [0.5, 0.6) is 0 Å². The van der Waals surface area contributed by atoms with Gasteiger partial charge in [-0.2, -0.15) is 5.10 Å². The maximum atomic E-state index is 13.0. The van der Waals surface area contributed by atoms with E-state index >= 15 is 0 Å². The number of hydrogen-bond donors (Lipinski definition) is 3. The molecule has 4 N–H and O–H groups in total. The van der Waals surface area contributed by atoms with Gasteiger partial charge < -0.3 is 16.4 Å². The van der Waals surface area contributed by atoms with Crippen LogP contribution in [0.25, 0.3) is 0 Å². The van der Waals surface area contributed by atoms with Crippen LogP contribution in [0.15, 0.2) is 24.4 Å². The van der Waals surface area contributed by atoms with Crippen LogP contribution in [-0.2, 0) is 11.8 Å². The van der Waals surface area contributed by atoms with Crippen molar-refractivity contribution in [2.75, 3.05) is 34.8 Å². The number of carbonyl (C=O) groups is 3. The highest BCUT2D eigenvalue weighted by Gasteiger charge is 2.41. The normalized spacial score (nSPS) is 20.1. The van der Waals surface area contributed by atoms with Gasteiger partial charge in [0.15, 0.2) is 5.82 Å². The number of aryl methyl sites for hydroxylation is 1. The van der Waals surface area contributed by atoms with Crippen molar-refractivity contribution in [2.45, 2.75) is 32.7 Å². The zero-order valence-corrected chi connectivity index (χ0v) is 18.5. The van der Waals surface area contributed by atoms with Gasteiger partial charge in [-0.05, 0) is 31.5 Å². The van der Waals surface area contributed by atoms with Gasteiger partial charge in [0.2, 0.25) is 5.91 Å². The quantitative estimate of drug-likeness (QED) is 0.614. The summed E-state index contributed by atoms with van der Waals surface area (Å²) in [6.07, 6.45) is 3.03. The highest BCUT2D eigenvalue weighted by atomic mass is 16.2. The number of hydrogen-bond acceptors (Lipinski definition) is 6. The van der Waals surface area contributed by atoms with Crippen LogP contribution in [0.2, 0.25) is 0 Å². The number of pyridine rings is 1. The SMILES string of the molecule is Cn1cc(NC(=O)c2cccc(N3C[C@@H](CCN)NC3=O)n2)c(N2CCC(C)(C)C2=O)n1. The lowest BCUT2D eigenvalue weighted by molar-refractivity contribution is -0.124. The number of amides is 4. The molecule has 2 aromatic heterocycles. The molecule has 4 amide bonds. The van der Waals surface area contributed by atoms with Crippen molar-refractivity contribution in [3.63, 3.8) is 0 Å². The first-order valence-electron chi connectivity index (χ1n) is 10.6. The van der Waals surface area contributed by atoms with E-state index < -0.39 is 11.3 Å². The van der Waals surface area contributed by atoms with Crippen LogP contribution in [0.3, 0.4) is 0 Å². The molecular formula is C21H28N8O3. The van der Waals surface area contributed by atoms with Crippen LogP contribution in [-0.4, -0.2) is 58.3 Å². The van der Waals surface area contributed by atoms with Crippen molar-refractivity contribution in [1.82, 2.24) is 20.1 Å². The lowest BCUT2D eigenvalue weighted by Gasteiger charge is -2.19. The van der Waals surface area contributed by atoms with E-state index in [1.807, 2.05) is 13.8 Å². The van der Waals surface area contributed by atoms with E-state index in [0.717, 1.165) is 0 Å². The summed E-state index contributed by atoms with van der Waals surface area (Å²) in [5.74, 6) is 0.317. The Hall–Kier alpha value is -3.47. The zero-order chi connectivity index (χ0) is 23.0. The first-order valence-corrected chi connectivity index (χ1v) is 10.6. The van der Waals surface area contributed by atoms with Gasteiger partial charge in [-0.25, -0.2) is 9.78 Å². The number of rotatable bonds is 6. The van der Waals surface area contributed by atoms with Gasteiger partial charge >= 0.3 is 6.03 Å². The highest BCUT2D eigenvalue weighted by Crippen LogP contribution is 2.36. The fourth-order valence-corrected chi connectivity index (χ4v) is 3.98. The van der Waals surface area contributed by atoms with Gasteiger partial charge in [-0.15, -0.1) is 0 Å². The summed E-state index contributed by atoms with van der Waals surface area (Å²) in [5.41, 5.74) is 5.70. The Morgan fingerprint density at radius 1 is 1.31 bits per heavy atom. The molecule has 0 bridgehead atoms. The molecule has 2 fully saturated rings. The Labute approximate surface area is 185 Å². The summed E-state index contributed by atoms with van der Waals surface area (Å²) in [6, 6.07) is 4.62. The lowest BCUT2D eigenvalue weighted by atomic mass is 9.92. The molecule has 0 saturated carbocycles. The second-order valence-corrected chi connectivity index (χ2v) is 8.80. The molecule has 2 aromatic rings. The molecule has 2 aliphatic rings. The van der Waals surface area contributed by atoms with Gasteiger partial charge in [-0.3, -0.25) is 24.1 Å². The Morgan fingerprint density at radius 3 is 2.78 bits per heavy atom. The van der Waals surface area contributed by atoms with Gasteiger partial charge in [0.1, 0.15) is 17.2 Å². The van der Waals surface area contributed by atoms with Crippen molar-refractivity contribution in [1.29, 1.82) is 0 Å². The van der Waals surface area contributed by atoms with E-state index in [9.17, 15) is 14.4 Å². The third-order valence-corrected chi connectivity index (χ3v) is 5.83. The van der Waals surface area contributed by atoms with Crippen molar-refractivity contribution in [3.05, 3.63) is 30.1 Å². The molecule has 11 heteroatoms. The molecule has 2 saturated heterocycles. The van der Waals surface area contributed by atoms with Crippen LogP contribution in [0.1, 0.15) is 37.2 Å². The average molecular weight is 441 g/mol. The van der Waals surface area contributed by atoms with Crippen LogP contribution < -0.4 is 26.2 Å². The van der Waals surface area contributed by atoms with Crippen molar-refractivity contribution in [2.24, 2.45) is 18.2 Å². The van der Waals surface area contributed by atoms with Crippen molar-refractivity contribution < 1.29 is 14.4 Å². The third-order valence-electron chi connectivity index (χ3n) is 5.83. The van der Waals surface area contributed by atoms with E-state index in [2.05, 4.69) is 20.7 Å². The number of nitrogens with one attached hydrogen (secondary N) is 2. The van der Waals surface area contributed by atoms with E-state index in [1.165, 1.54) is 4.90 Å². The first-order chi connectivity index (χ1) is 15.2. The molecule has 0 spiro atoms. The molecule has 2 aliphatic heterocycles. The standard InChI is InChI=1S/C21H28N8O3/c1-21(2)8-10-28(19(21)31)17-15(12-27(3)26-17)25-18(30)14-5-4-6-16(24-14)29-11-13(7-9-22)23-20(29)32/h4-6,12-13H,7-11,22H2,1-3H3,(H,23,32)(H,25,30)/t13-/m1/s1. The lowest BCUT2D eigenvalue weighted by Crippen LogP contribution is -2.32. The van der Waals surface area contributed by atoms with E-state index in [1.54, 1.807) is 41.0 Å². The third kappa shape index (κ3) is 4.03. The van der Waals surface area contributed by atoms with E-state index in [-0.39, 0.29) is 23.7 Å². The second kappa shape index (κ2) is 8.23. The summed E-state index contributed by atoms with van der Waals surface area (Å²) in [7, 11) is 1.73. The monoisotopic (exact) mass is 440 g/mol. The van der Waals surface area contributed by atoms with Crippen LogP contribution >= 0.6 is 0 Å². The molecular weight excluding hydrogens is 412 g/mol. The molecule has 32 heavy (non-hydrogen) atoms. The van der Waals surface area contributed by atoms with Crippen molar-refractivity contribution >= 4 is 35.2 Å². The largest absolute Gasteiger partial charge is 0.333 e. The number of urea groups is 1. The molecule has 0 radical (unpaired) electrons. The fourth-order valence-electron chi connectivity index (χ4n) is 3.98. The Kier molecular flexibility index (Phi) is 5.59. The smallest absolute Gasteiger partial charge is 0.323 e. The molecule has 0 aromatic carbocycles. The van der Waals surface area contributed by atoms with Crippen LogP contribution in [0, 0.1) is 5.41 Å². The molecule has 0 aliphatic carbocycles. The number of nitrogens with two attached hydrogens (primary N) is 1. The summed E-state index contributed by atoms with van der Waals surface area (Å²) in [4.78, 5) is 45.5. The molecule has 170 valence electrons. The minimum Gasteiger partial charge on any atom is -0.333 e. The van der Waals surface area contributed by atoms with Crippen molar-refractivity contribution in [3.8, 4) is 0 Å². The molecule has 4 rings (SSSR count). The topological polar surface area (TPSA) is 138 Å². The Bertz CT molecular complexity index is 1060. The molecule has 0 unspecified atom stereocenters. The maximum absolute atomic E-state index is 13.0. The Morgan fingerprint density at radius 2 is 2.09 bits per heavy atom. The van der Waals surface area contributed by atoms with Gasteiger partial charge in [0.05, 0.1) is 6.20 Å².